The van der Waals surface area contributed by atoms with E-state index in [1.165, 1.54) is 19.2 Å². The van der Waals surface area contributed by atoms with Crippen molar-refractivity contribution in [1.82, 2.24) is 0 Å². The van der Waals surface area contributed by atoms with Crippen LogP contribution in [0.1, 0.15) is 48.7 Å². The van der Waals surface area contributed by atoms with Gasteiger partial charge in [-0.2, -0.15) is 0 Å². The smallest absolute Gasteiger partial charge is 0.346 e. The summed E-state index contributed by atoms with van der Waals surface area (Å²) in [5.41, 5.74) is 1.54. The summed E-state index contributed by atoms with van der Waals surface area (Å²) < 4.78 is 11.4. The van der Waals surface area contributed by atoms with Gasteiger partial charge in [0, 0.05) is 15.5 Å². The summed E-state index contributed by atoms with van der Waals surface area (Å²) in [6, 6.07) is 25.3. The Hall–Kier alpha value is -3.64. The molecule has 0 aliphatic heterocycles. The number of phenols is 1. The molecule has 6 heteroatoms. The van der Waals surface area contributed by atoms with Crippen molar-refractivity contribution in [1.29, 1.82) is 0 Å². The second-order valence-corrected chi connectivity index (χ2v) is 10.8. The second kappa shape index (κ2) is 10.2. The predicted molar refractivity (Wildman–Crippen MR) is 144 cm³/mol. The summed E-state index contributed by atoms with van der Waals surface area (Å²) in [4.78, 5) is 25.5. The molecule has 0 atom stereocenters. The Morgan fingerprint density at radius 2 is 1.50 bits per heavy atom. The van der Waals surface area contributed by atoms with E-state index in [0.29, 0.717) is 16.5 Å². The van der Waals surface area contributed by atoms with Gasteiger partial charge in [-0.05, 0) is 41.2 Å². The summed E-state index contributed by atoms with van der Waals surface area (Å²) in [5.74, 6) is -0.600. The fourth-order valence-corrected chi connectivity index (χ4v) is 5.91. The van der Waals surface area contributed by atoms with Crippen LogP contribution in [0.15, 0.2) is 83.7 Å². The van der Waals surface area contributed by atoms with E-state index in [1.807, 2.05) is 36.4 Å². The highest BCUT2D eigenvalue weighted by Crippen LogP contribution is 2.49. The van der Waals surface area contributed by atoms with Crippen molar-refractivity contribution in [3.05, 3.63) is 105 Å². The van der Waals surface area contributed by atoms with Crippen molar-refractivity contribution >= 4 is 27.4 Å². The van der Waals surface area contributed by atoms with Crippen molar-refractivity contribution < 1.29 is 19.4 Å². The molecule has 0 fully saturated rings. The molecule has 0 amide bonds. The van der Waals surface area contributed by atoms with Gasteiger partial charge in [-0.15, -0.1) is 0 Å². The minimum absolute atomic E-state index is 0.0200. The number of ether oxygens (including phenoxy) is 2. The Kier molecular flexibility index (Phi) is 7.18. The third kappa shape index (κ3) is 4.61. The van der Waals surface area contributed by atoms with E-state index in [9.17, 15) is 14.7 Å². The Morgan fingerprint density at radius 3 is 2.03 bits per heavy atom. The van der Waals surface area contributed by atoms with Crippen LogP contribution in [0.2, 0.25) is 0 Å². The average Bonchev–Trinajstić information content (AvgIpc) is 2.86. The molecule has 36 heavy (non-hydrogen) atoms. The number of hydrogen-bond donors (Lipinski definition) is 1. The molecule has 0 saturated carbocycles. The van der Waals surface area contributed by atoms with Crippen LogP contribution in [0.4, 0.5) is 0 Å². The number of phenolic OH excluding ortho intramolecular Hbond substituents is 1. The van der Waals surface area contributed by atoms with E-state index in [-0.39, 0.29) is 29.1 Å². The second-order valence-electron chi connectivity index (χ2n) is 9.75. The molecule has 5 nitrogen and oxygen atoms in total. The van der Waals surface area contributed by atoms with Crippen LogP contribution in [0.5, 0.6) is 11.5 Å². The fourth-order valence-electron chi connectivity index (χ4n) is 5.04. The van der Waals surface area contributed by atoms with Gasteiger partial charge in [0.25, 0.3) is 4.74 Å². The van der Waals surface area contributed by atoms with Gasteiger partial charge < -0.3 is 14.6 Å². The van der Waals surface area contributed by atoms with E-state index < -0.39 is 16.1 Å². The largest absolute Gasteiger partial charge is 0.508 e. The number of methoxy groups -OCH3 is 1. The molecule has 3 aromatic carbocycles. The zero-order valence-corrected chi connectivity index (χ0v) is 21.7. The van der Waals surface area contributed by atoms with Gasteiger partial charge in [0.1, 0.15) is 11.5 Å². The molecule has 1 heterocycles. The number of rotatable bonds is 7. The van der Waals surface area contributed by atoms with Gasteiger partial charge >= 0.3 is 5.97 Å². The van der Waals surface area contributed by atoms with Gasteiger partial charge in [-0.25, -0.2) is 4.79 Å². The number of carbonyl (C=O) groups is 1. The van der Waals surface area contributed by atoms with Crippen LogP contribution in [-0.2, 0) is 10.2 Å². The molecule has 186 valence electrons. The zero-order chi connectivity index (χ0) is 25.9. The topological polar surface area (TPSA) is 72.8 Å². The lowest BCUT2D eigenvalue weighted by atomic mass is 9.57. The lowest BCUT2D eigenvalue weighted by Gasteiger charge is -2.46. The highest BCUT2D eigenvalue weighted by Gasteiger charge is 2.44. The molecule has 0 saturated heterocycles. The quantitative estimate of drug-likeness (QED) is 0.290. The normalized spacial score (nSPS) is 11.9. The SMILES string of the molecule is COC(=O)c1c(OCCC(c2ccccc2)(c2ccccc2)C(C)(C)C)c2cc(O)ccc2sc1=O. The summed E-state index contributed by atoms with van der Waals surface area (Å²) in [6.45, 7) is 6.85. The first-order valence-electron chi connectivity index (χ1n) is 11.8. The molecule has 0 unspecified atom stereocenters. The number of hydrogen-bond acceptors (Lipinski definition) is 6. The van der Waals surface area contributed by atoms with Crippen molar-refractivity contribution in [3.8, 4) is 11.5 Å². The third-order valence-corrected chi connectivity index (χ3v) is 7.73. The van der Waals surface area contributed by atoms with E-state index in [2.05, 4.69) is 45.0 Å². The molecule has 4 rings (SSSR count). The first kappa shape index (κ1) is 25.5. The van der Waals surface area contributed by atoms with Crippen LogP contribution in [-0.4, -0.2) is 24.8 Å². The lowest BCUT2D eigenvalue weighted by Crippen LogP contribution is -2.42. The molecule has 0 spiro atoms. The fraction of sp³-hybridized carbons (Fsp3) is 0.267. The summed E-state index contributed by atoms with van der Waals surface area (Å²) in [7, 11) is 1.23. The van der Waals surface area contributed by atoms with E-state index in [0.717, 1.165) is 22.5 Å². The van der Waals surface area contributed by atoms with Crippen molar-refractivity contribution in [3.63, 3.8) is 0 Å². The predicted octanol–water partition coefficient (Wildman–Crippen LogP) is 6.56. The van der Waals surface area contributed by atoms with Gasteiger partial charge in [-0.3, -0.25) is 4.79 Å². The molecule has 4 aromatic rings. The molecule has 1 N–H and O–H groups in total. The Morgan fingerprint density at radius 1 is 0.917 bits per heavy atom. The number of fused-ring (bicyclic) bond motifs is 1. The lowest BCUT2D eigenvalue weighted by molar-refractivity contribution is 0.0594. The maximum atomic E-state index is 12.9. The van der Waals surface area contributed by atoms with Gasteiger partial charge in [0.2, 0.25) is 0 Å². The van der Waals surface area contributed by atoms with Crippen molar-refractivity contribution in [2.75, 3.05) is 13.7 Å². The van der Waals surface area contributed by atoms with Crippen molar-refractivity contribution in [2.24, 2.45) is 5.41 Å². The van der Waals surface area contributed by atoms with Crippen LogP contribution < -0.4 is 9.48 Å². The third-order valence-electron chi connectivity index (χ3n) is 6.77. The molecular formula is C30H30O5S. The average molecular weight is 503 g/mol. The summed E-state index contributed by atoms with van der Waals surface area (Å²) in [6.07, 6.45) is 0.581. The van der Waals surface area contributed by atoms with Crippen molar-refractivity contribution in [2.45, 2.75) is 32.6 Å². The number of aromatic hydroxyl groups is 1. The minimum atomic E-state index is -0.760. The molecule has 1 aromatic heterocycles. The highest BCUT2D eigenvalue weighted by molar-refractivity contribution is 7.16. The maximum Gasteiger partial charge on any atom is 0.346 e. The highest BCUT2D eigenvalue weighted by atomic mass is 32.1. The summed E-state index contributed by atoms with van der Waals surface area (Å²) in [5, 5.41) is 10.6. The minimum Gasteiger partial charge on any atom is -0.508 e. The molecule has 0 bridgehead atoms. The first-order chi connectivity index (χ1) is 17.2. The zero-order valence-electron chi connectivity index (χ0n) is 20.9. The van der Waals surface area contributed by atoms with Gasteiger partial charge in [0.15, 0.2) is 5.56 Å². The number of carbonyl (C=O) groups excluding carboxylic acids is 1. The number of esters is 1. The Labute approximate surface area is 215 Å². The van der Waals surface area contributed by atoms with E-state index in [4.69, 9.17) is 9.47 Å². The number of benzene rings is 3. The van der Waals surface area contributed by atoms with Crippen LogP contribution >= 0.6 is 11.3 Å². The molecule has 0 aliphatic rings. The first-order valence-corrected chi connectivity index (χ1v) is 12.6. The summed E-state index contributed by atoms with van der Waals surface area (Å²) >= 11 is 0.924. The standard InChI is InChI=1S/C30H30O5S/c1-29(2,3)30(20-11-7-5-8-12-20,21-13-9-6-10-14-21)17-18-35-26-23-19-22(31)15-16-24(23)36-28(33)25(26)27(32)34-4/h5-16,19,31H,17-18H2,1-4H3. The van der Waals surface area contributed by atoms with Crippen LogP contribution in [0.3, 0.4) is 0 Å². The van der Waals surface area contributed by atoms with Gasteiger partial charge in [-0.1, -0.05) is 92.8 Å². The Bertz CT molecular complexity index is 1380. The van der Waals surface area contributed by atoms with Crippen LogP contribution in [0.25, 0.3) is 10.1 Å². The molecule has 0 aliphatic carbocycles. The van der Waals surface area contributed by atoms with Crippen LogP contribution in [0, 0.1) is 5.41 Å². The van der Waals surface area contributed by atoms with E-state index >= 15 is 0 Å². The molecule has 0 radical (unpaired) electrons. The monoisotopic (exact) mass is 502 g/mol. The Balaban J connectivity index is 1.83. The molecular weight excluding hydrogens is 472 g/mol. The van der Waals surface area contributed by atoms with Gasteiger partial charge in [0.05, 0.1) is 13.7 Å². The maximum absolute atomic E-state index is 12.9. The van der Waals surface area contributed by atoms with E-state index in [1.54, 1.807) is 6.07 Å².